The smallest absolute Gasteiger partial charge is 0.191 e. The van der Waals surface area contributed by atoms with Crippen LogP contribution in [-0.2, 0) is 0 Å². The Balaban J connectivity index is 0.00000264. The number of ether oxygens (including phenoxy) is 1. The highest BCUT2D eigenvalue weighted by atomic mass is 127. The van der Waals surface area contributed by atoms with Crippen molar-refractivity contribution < 1.29 is 4.74 Å². The van der Waals surface area contributed by atoms with Crippen molar-refractivity contribution in [3.63, 3.8) is 0 Å². The topological polar surface area (TPSA) is 48.9 Å². The van der Waals surface area contributed by atoms with Gasteiger partial charge >= 0.3 is 0 Å². The van der Waals surface area contributed by atoms with Crippen LogP contribution in [0.15, 0.2) is 35.3 Å². The maximum absolute atomic E-state index is 5.65. The minimum absolute atomic E-state index is 0. The second kappa shape index (κ2) is 10.7. The normalized spacial score (nSPS) is 15.7. The average Bonchev–Trinajstić information content (AvgIpc) is 3.39. The first-order valence-electron chi connectivity index (χ1n) is 8.05. The molecule has 1 atom stereocenters. The first-order chi connectivity index (χ1) is 10.7. The highest BCUT2D eigenvalue weighted by Crippen LogP contribution is 2.26. The highest BCUT2D eigenvalue weighted by molar-refractivity contribution is 14.0. The molecule has 2 rings (SSSR count). The molecule has 0 bridgehead atoms. The third-order valence-corrected chi connectivity index (χ3v) is 4.01. The van der Waals surface area contributed by atoms with Gasteiger partial charge in [0.25, 0.3) is 0 Å². The van der Waals surface area contributed by atoms with Gasteiger partial charge in [-0.2, -0.15) is 0 Å². The van der Waals surface area contributed by atoms with Crippen LogP contribution in [0.5, 0.6) is 5.75 Å². The number of para-hydroxylation sites is 1. The molecule has 0 saturated heterocycles. The van der Waals surface area contributed by atoms with Crippen molar-refractivity contribution in [1.82, 2.24) is 15.5 Å². The largest absolute Gasteiger partial charge is 0.492 e. The average molecular weight is 432 g/mol. The number of guanidine groups is 1. The lowest BCUT2D eigenvalue weighted by molar-refractivity contribution is 0.247. The molecule has 1 saturated carbocycles. The maximum atomic E-state index is 5.65. The summed E-state index contributed by atoms with van der Waals surface area (Å²) in [7, 11) is 4.00. The number of aliphatic imine (C=N–C) groups is 1. The van der Waals surface area contributed by atoms with Gasteiger partial charge in [-0.3, -0.25) is 9.89 Å². The van der Waals surface area contributed by atoms with E-state index in [4.69, 9.17) is 4.74 Å². The van der Waals surface area contributed by atoms with Crippen LogP contribution in [0.4, 0.5) is 0 Å². The Labute approximate surface area is 156 Å². The number of likely N-dealkylation sites (N-methyl/N-ethyl adjacent to an activating group) is 1. The molecule has 0 amide bonds. The van der Waals surface area contributed by atoms with E-state index in [1.54, 1.807) is 7.05 Å². The molecule has 1 aliphatic rings. The number of hydrogen-bond acceptors (Lipinski definition) is 3. The third-order valence-electron chi connectivity index (χ3n) is 4.01. The van der Waals surface area contributed by atoms with E-state index in [9.17, 15) is 0 Å². The summed E-state index contributed by atoms with van der Waals surface area (Å²) in [5, 5.41) is 6.65. The Morgan fingerprint density at radius 1 is 1.30 bits per heavy atom. The summed E-state index contributed by atoms with van der Waals surface area (Å²) in [5.74, 6) is 1.72. The number of nitrogens with one attached hydrogen (secondary N) is 2. The minimum atomic E-state index is 0. The van der Waals surface area contributed by atoms with Crippen LogP contribution in [0.25, 0.3) is 0 Å². The monoisotopic (exact) mass is 432 g/mol. The summed E-state index contributed by atoms with van der Waals surface area (Å²) in [5.41, 5.74) is 0. The van der Waals surface area contributed by atoms with Crippen molar-refractivity contribution in [2.45, 2.75) is 31.8 Å². The van der Waals surface area contributed by atoms with Crippen molar-refractivity contribution in [3.05, 3.63) is 30.3 Å². The Morgan fingerprint density at radius 2 is 2.00 bits per heavy atom. The second-order valence-electron chi connectivity index (χ2n) is 5.79. The fourth-order valence-electron chi connectivity index (χ4n) is 2.31. The van der Waals surface area contributed by atoms with E-state index in [1.165, 1.54) is 12.8 Å². The molecule has 2 N–H and O–H groups in total. The zero-order valence-corrected chi connectivity index (χ0v) is 16.6. The number of benzene rings is 1. The predicted molar refractivity (Wildman–Crippen MR) is 107 cm³/mol. The van der Waals surface area contributed by atoms with Gasteiger partial charge in [-0.1, -0.05) is 18.2 Å². The Morgan fingerprint density at radius 3 is 2.61 bits per heavy atom. The molecule has 5 nitrogen and oxygen atoms in total. The fraction of sp³-hybridized carbons (Fsp3) is 0.588. The van der Waals surface area contributed by atoms with E-state index in [1.807, 2.05) is 30.3 Å². The molecule has 130 valence electrons. The lowest BCUT2D eigenvalue weighted by Crippen LogP contribution is -2.46. The summed E-state index contributed by atoms with van der Waals surface area (Å²) in [6, 6.07) is 11.1. The van der Waals surface area contributed by atoms with E-state index in [0.717, 1.165) is 30.8 Å². The van der Waals surface area contributed by atoms with Gasteiger partial charge in [-0.05, 0) is 38.9 Å². The highest BCUT2D eigenvalue weighted by Gasteiger charge is 2.28. The van der Waals surface area contributed by atoms with Crippen LogP contribution in [0.2, 0.25) is 0 Å². The van der Waals surface area contributed by atoms with E-state index in [2.05, 4.69) is 34.5 Å². The lowest BCUT2D eigenvalue weighted by Gasteiger charge is -2.25. The van der Waals surface area contributed by atoms with Crippen LogP contribution >= 0.6 is 24.0 Å². The van der Waals surface area contributed by atoms with Gasteiger partial charge in [0.15, 0.2) is 5.96 Å². The van der Waals surface area contributed by atoms with Crippen molar-refractivity contribution in [2.24, 2.45) is 4.99 Å². The molecule has 6 heteroatoms. The molecule has 0 aromatic heterocycles. The Kier molecular flexibility index (Phi) is 9.31. The fourth-order valence-corrected chi connectivity index (χ4v) is 2.31. The number of halogens is 1. The van der Waals surface area contributed by atoms with Crippen molar-refractivity contribution >= 4 is 29.9 Å². The van der Waals surface area contributed by atoms with Gasteiger partial charge in [0.05, 0.1) is 6.54 Å². The Hall–Kier alpha value is -1.02. The molecule has 23 heavy (non-hydrogen) atoms. The summed E-state index contributed by atoms with van der Waals surface area (Å²) < 4.78 is 5.65. The Bertz CT molecular complexity index is 465. The molecular formula is C17H29IN4O. The van der Waals surface area contributed by atoms with Crippen LogP contribution in [0, 0.1) is 0 Å². The lowest BCUT2D eigenvalue weighted by atomic mass is 10.3. The number of hydrogen-bond donors (Lipinski definition) is 2. The summed E-state index contributed by atoms with van der Waals surface area (Å²) in [4.78, 5) is 6.69. The van der Waals surface area contributed by atoms with Crippen LogP contribution < -0.4 is 15.4 Å². The van der Waals surface area contributed by atoms with Crippen molar-refractivity contribution in [3.8, 4) is 5.75 Å². The van der Waals surface area contributed by atoms with Gasteiger partial charge < -0.3 is 15.4 Å². The van der Waals surface area contributed by atoms with Crippen molar-refractivity contribution in [2.75, 3.05) is 33.8 Å². The zero-order chi connectivity index (χ0) is 15.8. The molecule has 0 aliphatic heterocycles. The predicted octanol–water partition coefficient (Wildman–Crippen LogP) is 2.33. The summed E-state index contributed by atoms with van der Waals surface area (Å²) >= 11 is 0. The van der Waals surface area contributed by atoms with Gasteiger partial charge in [0, 0.05) is 25.7 Å². The molecule has 1 aromatic carbocycles. The molecule has 1 unspecified atom stereocenters. The standard InChI is InChI=1S/C17H28N4O.HI/c1-14(21(3)15-9-10-15)13-20-17(18-2)19-11-12-22-16-7-5-4-6-8-16;/h4-8,14-15H,9-13H2,1-3H3,(H2,18,19,20);1H. The summed E-state index contributed by atoms with van der Waals surface area (Å²) in [6.07, 6.45) is 2.68. The van der Waals surface area contributed by atoms with Gasteiger partial charge in [0.2, 0.25) is 0 Å². The molecule has 0 radical (unpaired) electrons. The maximum Gasteiger partial charge on any atom is 0.191 e. The van der Waals surface area contributed by atoms with Crippen molar-refractivity contribution in [1.29, 1.82) is 0 Å². The number of nitrogens with zero attached hydrogens (tertiary/aromatic N) is 2. The third kappa shape index (κ3) is 7.39. The van der Waals surface area contributed by atoms with E-state index >= 15 is 0 Å². The van der Waals surface area contributed by atoms with Crippen LogP contribution in [-0.4, -0.2) is 56.7 Å². The van der Waals surface area contributed by atoms with Crippen LogP contribution in [0.3, 0.4) is 0 Å². The molecule has 0 heterocycles. The summed E-state index contributed by atoms with van der Waals surface area (Å²) in [6.45, 7) is 4.48. The first kappa shape index (κ1) is 20.0. The van der Waals surface area contributed by atoms with E-state index < -0.39 is 0 Å². The molecule has 1 aromatic rings. The molecule has 0 spiro atoms. The zero-order valence-electron chi connectivity index (χ0n) is 14.3. The van der Waals surface area contributed by atoms with Gasteiger partial charge in [-0.25, -0.2) is 0 Å². The van der Waals surface area contributed by atoms with E-state index in [-0.39, 0.29) is 24.0 Å². The van der Waals surface area contributed by atoms with Gasteiger partial charge in [0.1, 0.15) is 12.4 Å². The minimum Gasteiger partial charge on any atom is -0.492 e. The SMILES string of the molecule is CN=C(NCCOc1ccccc1)NCC(C)N(C)C1CC1.I. The van der Waals surface area contributed by atoms with Crippen LogP contribution in [0.1, 0.15) is 19.8 Å². The van der Waals surface area contributed by atoms with E-state index in [0.29, 0.717) is 12.6 Å². The quantitative estimate of drug-likeness (QED) is 0.287. The molecule has 1 fully saturated rings. The second-order valence-corrected chi connectivity index (χ2v) is 5.79. The molecular weight excluding hydrogens is 403 g/mol. The first-order valence-corrected chi connectivity index (χ1v) is 8.05. The molecule has 1 aliphatic carbocycles. The number of rotatable bonds is 8. The van der Waals surface area contributed by atoms with Gasteiger partial charge in [-0.15, -0.1) is 24.0 Å².